The molecule has 0 aliphatic rings. The number of nitrogens with one attached hydrogen (secondary N) is 1. The Bertz CT molecular complexity index is 507. The Balaban J connectivity index is 2.93. The first kappa shape index (κ1) is 16.6. The molecule has 110 valence electrons. The fourth-order valence-electron chi connectivity index (χ4n) is 1.69. The number of benzene rings is 1. The average Bonchev–Trinajstić information content (AvgIpc) is 2.42. The average molecular weight is 346 g/mol. The molecule has 2 atom stereocenters. The quantitative estimate of drug-likeness (QED) is 0.834. The molecular weight excluding hydrogens is 329 g/mol. The zero-order valence-electron chi connectivity index (χ0n) is 11.6. The summed E-state index contributed by atoms with van der Waals surface area (Å²) in [6.07, 6.45) is 0.683. The fraction of sp³-hybridized carbons (Fsp3) is 0.429. The van der Waals surface area contributed by atoms with Crippen molar-refractivity contribution in [3.63, 3.8) is 0 Å². The molecule has 20 heavy (non-hydrogen) atoms. The summed E-state index contributed by atoms with van der Waals surface area (Å²) in [4.78, 5) is 23.7. The smallest absolute Gasteiger partial charge is 0.328 e. The zero-order chi connectivity index (χ0) is 15.3. The van der Waals surface area contributed by atoms with Crippen LogP contribution in [0.3, 0.4) is 0 Å². The van der Waals surface area contributed by atoms with Gasteiger partial charge in [0.2, 0.25) is 0 Å². The van der Waals surface area contributed by atoms with E-state index in [1.807, 2.05) is 13.8 Å². The highest BCUT2D eigenvalue weighted by Gasteiger charge is 2.27. The third-order valence-corrected chi connectivity index (χ3v) is 3.62. The van der Waals surface area contributed by atoms with E-state index in [-0.39, 0.29) is 11.5 Å². The van der Waals surface area contributed by atoms with Crippen LogP contribution in [0, 0.1) is 11.7 Å². The molecule has 0 fully saturated rings. The summed E-state index contributed by atoms with van der Waals surface area (Å²) in [5.41, 5.74) is -0.106. The minimum absolute atomic E-state index is 0.106. The van der Waals surface area contributed by atoms with Crippen molar-refractivity contribution in [3.05, 3.63) is 34.1 Å². The van der Waals surface area contributed by atoms with Crippen molar-refractivity contribution in [2.75, 3.05) is 7.11 Å². The molecule has 2 unspecified atom stereocenters. The minimum atomic E-state index is -0.791. The van der Waals surface area contributed by atoms with Gasteiger partial charge in [0.25, 0.3) is 5.91 Å². The lowest BCUT2D eigenvalue weighted by Gasteiger charge is -2.21. The third-order valence-electron chi connectivity index (χ3n) is 3.13. The van der Waals surface area contributed by atoms with Gasteiger partial charge in [0, 0.05) is 4.47 Å². The lowest BCUT2D eigenvalue weighted by molar-refractivity contribution is -0.144. The normalized spacial score (nSPS) is 13.4. The lowest BCUT2D eigenvalue weighted by Crippen LogP contribution is -2.45. The third kappa shape index (κ3) is 4.03. The van der Waals surface area contributed by atoms with Crippen LogP contribution in [0.2, 0.25) is 0 Å². The van der Waals surface area contributed by atoms with Crippen molar-refractivity contribution in [2.24, 2.45) is 5.92 Å². The van der Waals surface area contributed by atoms with Crippen LogP contribution in [0.15, 0.2) is 22.7 Å². The highest BCUT2D eigenvalue weighted by atomic mass is 79.9. The SMILES string of the molecule is CCC(C)C(NC(=O)c1ccc(Br)cc1F)C(=O)OC. The summed E-state index contributed by atoms with van der Waals surface area (Å²) in [6, 6.07) is 3.33. The van der Waals surface area contributed by atoms with E-state index in [2.05, 4.69) is 26.0 Å². The molecule has 4 nitrogen and oxygen atoms in total. The second-order valence-corrected chi connectivity index (χ2v) is 5.40. The van der Waals surface area contributed by atoms with Crippen LogP contribution in [0.25, 0.3) is 0 Å². The predicted octanol–water partition coefficient (Wildman–Crippen LogP) is 2.91. The van der Waals surface area contributed by atoms with Crippen molar-refractivity contribution in [2.45, 2.75) is 26.3 Å². The minimum Gasteiger partial charge on any atom is -0.467 e. The number of halogens is 2. The van der Waals surface area contributed by atoms with Crippen LogP contribution in [0.5, 0.6) is 0 Å². The van der Waals surface area contributed by atoms with Crippen LogP contribution in [0.4, 0.5) is 4.39 Å². The monoisotopic (exact) mass is 345 g/mol. The Hall–Kier alpha value is -1.43. The Morgan fingerprint density at radius 2 is 2.10 bits per heavy atom. The maximum Gasteiger partial charge on any atom is 0.328 e. The molecule has 0 saturated carbocycles. The molecule has 0 aliphatic heterocycles. The number of carbonyl (C=O) groups excluding carboxylic acids is 2. The molecule has 1 amide bonds. The number of rotatable bonds is 5. The summed E-state index contributed by atoms with van der Waals surface area (Å²) in [6.45, 7) is 3.72. The van der Waals surface area contributed by atoms with E-state index in [1.165, 1.54) is 19.2 Å². The zero-order valence-corrected chi connectivity index (χ0v) is 13.2. The molecule has 0 aromatic heterocycles. The molecule has 0 radical (unpaired) electrons. The van der Waals surface area contributed by atoms with Crippen molar-refractivity contribution < 1.29 is 18.7 Å². The van der Waals surface area contributed by atoms with E-state index in [9.17, 15) is 14.0 Å². The van der Waals surface area contributed by atoms with Crippen LogP contribution < -0.4 is 5.32 Å². The molecule has 0 spiro atoms. The Labute approximate surface area is 125 Å². The predicted molar refractivity (Wildman–Crippen MR) is 76.8 cm³/mol. The Morgan fingerprint density at radius 1 is 1.45 bits per heavy atom. The fourth-order valence-corrected chi connectivity index (χ4v) is 2.02. The van der Waals surface area contributed by atoms with Crippen molar-refractivity contribution in [1.29, 1.82) is 0 Å². The van der Waals surface area contributed by atoms with Gasteiger partial charge in [0.05, 0.1) is 12.7 Å². The van der Waals surface area contributed by atoms with Crippen molar-refractivity contribution >= 4 is 27.8 Å². The number of esters is 1. The van der Waals surface area contributed by atoms with Gasteiger partial charge >= 0.3 is 5.97 Å². The maximum absolute atomic E-state index is 13.7. The Kier molecular flexibility index (Phi) is 6.13. The molecule has 0 saturated heterocycles. The van der Waals surface area contributed by atoms with Crippen LogP contribution >= 0.6 is 15.9 Å². The van der Waals surface area contributed by atoms with Crippen LogP contribution in [0.1, 0.15) is 30.6 Å². The van der Waals surface area contributed by atoms with Gasteiger partial charge in [-0.15, -0.1) is 0 Å². The summed E-state index contributed by atoms with van der Waals surface area (Å²) >= 11 is 3.12. The molecule has 6 heteroatoms. The van der Waals surface area contributed by atoms with E-state index >= 15 is 0 Å². The second-order valence-electron chi connectivity index (χ2n) is 4.48. The number of amides is 1. The van der Waals surface area contributed by atoms with Gasteiger partial charge in [-0.1, -0.05) is 36.2 Å². The first-order valence-corrected chi connectivity index (χ1v) is 7.03. The number of methoxy groups -OCH3 is 1. The van der Waals surface area contributed by atoms with Gasteiger partial charge in [0.1, 0.15) is 11.9 Å². The number of ether oxygens (including phenoxy) is 1. The topological polar surface area (TPSA) is 55.4 Å². The van der Waals surface area contributed by atoms with Gasteiger partial charge in [-0.2, -0.15) is 0 Å². The maximum atomic E-state index is 13.7. The number of hydrogen-bond acceptors (Lipinski definition) is 3. The second kappa shape index (κ2) is 7.38. The van der Waals surface area contributed by atoms with Crippen molar-refractivity contribution in [1.82, 2.24) is 5.32 Å². The summed E-state index contributed by atoms with van der Waals surface area (Å²) in [5.74, 6) is -1.93. The molecular formula is C14H17BrFNO3. The molecule has 1 rings (SSSR count). The highest BCUT2D eigenvalue weighted by molar-refractivity contribution is 9.10. The van der Waals surface area contributed by atoms with E-state index in [0.717, 1.165) is 0 Å². The molecule has 1 aromatic carbocycles. The highest BCUT2D eigenvalue weighted by Crippen LogP contribution is 2.16. The largest absolute Gasteiger partial charge is 0.467 e. The lowest BCUT2D eigenvalue weighted by atomic mass is 9.99. The number of hydrogen-bond donors (Lipinski definition) is 1. The van der Waals surface area contributed by atoms with Crippen LogP contribution in [-0.2, 0) is 9.53 Å². The van der Waals surface area contributed by atoms with Gasteiger partial charge in [-0.05, 0) is 24.1 Å². The molecule has 0 heterocycles. The molecule has 1 N–H and O–H groups in total. The standard InChI is InChI=1S/C14H17BrFNO3/c1-4-8(2)12(14(19)20-3)17-13(18)10-6-5-9(15)7-11(10)16/h5-8,12H,4H2,1-3H3,(H,17,18). The summed E-state index contributed by atoms with van der Waals surface area (Å²) in [7, 11) is 1.25. The molecule has 0 bridgehead atoms. The van der Waals surface area contributed by atoms with E-state index in [1.54, 1.807) is 6.07 Å². The van der Waals surface area contributed by atoms with Gasteiger partial charge in [-0.3, -0.25) is 4.79 Å². The Morgan fingerprint density at radius 3 is 2.60 bits per heavy atom. The summed E-state index contributed by atoms with van der Waals surface area (Å²) in [5, 5.41) is 2.53. The van der Waals surface area contributed by atoms with Gasteiger partial charge in [-0.25, -0.2) is 9.18 Å². The molecule has 0 aliphatic carbocycles. The number of carbonyl (C=O) groups is 2. The first-order valence-electron chi connectivity index (χ1n) is 6.24. The first-order chi connectivity index (χ1) is 9.40. The van der Waals surface area contributed by atoms with Gasteiger partial charge < -0.3 is 10.1 Å². The summed E-state index contributed by atoms with van der Waals surface area (Å²) < 4.78 is 18.9. The van der Waals surface area contributed by atoms with Crippen LogP contribution in [-0.4, -0.2) is 25.0 Å². The van der Waals surface area contributed by atoms with Gasteiger partial charge in [0.15, 0.2) is 0 Å². The molecule has 1 aromatic rings. The van der Waals surface area contributed by atoms with E-state index in [0.29, 0.717) is 10.9 Å². The van der Waals surface area contributed by atoms with Crippen molar-refractivity contribution in [3.8, 4) is 0 Å². The van der Waals surface area contributed by atoms with E-state index < -0.39 is 23.7 Å². The van der Waals surface area contributed by atoms with E-state index in [4.69, 9.17) is 0 Å².